The fourth-order valence-electron chi connectivity index (χ4n) is 1.36. The summed E-state index contributed by atoms with van der Waals surface area (Å²) in [5, 5.41) is 3.31. The summed E-state index contributed by atoms with van der Waals surface area (Å²) in [4.78, 5) is 2.08. The number of nitrogens with zero attached hydrogens (tertiary/aromatic N) is 1. The van der Waals surface area contributed by atoms with E-state index in [0.717, 1.165) is 18.0 Å². The molecule has 0 saturated carbocycles. The lowest BCUT2D eigenvalue weighted by Gasteiger charge is -2.18. The Morgan fingerprint density at radius 2 is 2.07 bits per heavy atom. The standard InChI is InChI=1S/C11H18N2O/c1-5-12-10-8-9(14-4)6-7-11(10)13(2)3/h6-8,12H,5H2,1-4H3. The molecule has 0 unspecified atom stereocenters. The van der Waals surface area contributed by atoms with Crippen molar-refractivity contribution in [3.63, 3.8) is 0 Å². The first-order chi connectivity index (χ1) is 6.69. The summed E-state index contributed by atoms with van der Waals surface area (Å²) >= 11 is 0. The number of nitrogens with one attached hydrogen (secondary N) is 1. The second-order valence-corrected chi connectivity index (χ2v) is 3.31. The maximum Gasteiger partial charge on any atom is 0.121 e. The number of anilines is 2. The number of hydrogen-bond acceptors (Lipinski definition) is 3. The van der Waals surface area contributed by atoms with E-state index in [0.29, 0.717) is 0 Å². The normalized spacial score (nSPS) is 9.71. The van der Waals surface area contributed by atoms with Gasteiger partial charge in [0.15, 0.2) is 0 Å². The largest absolute Gasteiger partial charge is 0.497 e. The number of methoxy groups -OCH3 is 1. The molecule has 0 atom stereocenters. The minimum Gasteiger partial charge on any atom is -0.497 e. The van der Waals surface area contributed by atoms with Gasteiger partial charge < -0.3 is 15.0 Å². The molecule has 0 amide bonds. The lowest BCUT2D eigenvalue weighted by molar-refractivity contribution is 0.415. The van der Waals surface area contributed by atoms with Crippen LogP contribution in [0.5, 0.6) is 5.75 Å². The Balaban J connectivity index is 3.03. The van der Waals surface area contributed by atoms with Gasteiger partial charge in [-0.3, -0.25) is 0 Å². The van der Waals surface area contributed by atoms with Crippen molar-refractivity contribution in [2.24, 2.45) is 0 Å². The van der Waals surface area contributed by atoms with Crippen LogP contribution in [0.3, 0.4) is 0 Å². The van der Waals surface area contributed by atoms with E-state index in [1.807, 2.05) is 26.2 Å². The van der Waals surface area contributed by atoms with Gasteiger partial charge in [0.25, 0.3) is 0 Å². The zero-order valence-corrected chi connectivity index (χ0v) is 9.29. The Hall–Kier alpha value is -1.38. The van der Waals surface area contributed by atoms with Crippen LogP contribution in [0.4, 0.5) is 11.4 Å². The van der Waals surface area contributed by atoms with Crippen LogP contribution in [0.25, 0.3) is 0 Å². The summed E-state index contributed by atoms with van der Waals surface area (Å²) in [6, 6.07) is 6.03. The zero-order chi connectivity index (χ0) is 10.6. The Labute approximate surface area is 85.7 Å². The van der Waals surface area contributed by atoms with Gasteiger partial charge >= 0.3 is 0 Å². The van der Waals surface area contributed by atoms with Crippen molar-refractivity contribution in [1.82, 2.24) is 0 Å². The molecule has 0 bridgehead atoms. The van der Waals surface area contributed by atoms with Crippen LogP contribution in [-0.2, 0) is 0 Å². The van der Waals surface area contributed by atoms with Gasteiger partial charge in [0.2, 0.25) is 0 Å². The molecule has 14 heavy (non-hydrogen) atoms. The van der Waals surface area contributed by atoms with Crippen LogP contribution in [0.2, 0.25) is 0 Å². The molecule has 1 N–H and O–H groups in total. The van der Waals surface area contributed by atoms with Crippen LogP contribution in [0.15, 0.2) is 18.2 Å². The van der Waals surface area contributed by atoms with E-state index < -0.39 is 0 Å². The van der Waals surface area contributed by atoms with E-state index in [2.05, 4.69) is 23.2 Å². The van der Waals surface area contributed by atoms with Crippen molar-refractivity contribution in [3.8, 4) is 5.75 Å². The zero-order valence-electron chi connectivity index (χ0n) is 9.29. The Morgan fingerprint density at radius 1 is 1.36 bits per heavy atom. The average Bonchev–Trinajstić information content (AvgIpc) is 2.17. The molecule has 0 saturated heterocycles. The molecule has 1 aromatic carbocycles. The summed E-state index contributed by atoms with van der Waals surface area (Å²) in [5.41, 5.74) is 2.28. The Kier molecular flexibility index (Phi) is 3.63. The minimum atomic E-state index is 0.881. The Morgan fingerprint density at radius 3 is 2.57 bits per heavy atom. The fourth-order valence-corrected chi connectivity index (χ4v) is 1.36. The second-order valence-electron chi connectivity index (χ2n) is 3.31. The monoisotopic (exact) mass is 194 g/mol. The SMILES string of the molecule is CCNc1cc(OC)ccc1N(C)C. The van der Waals surface area contributed by atoms with E-state index >= 15 is 0 Å². The maximum absolute atomic E-state index is 5.18. The van der Waals surface area contributed by atoms with Crippen LogP contribution >= 0.6 is 0 Å². The van der Waals surface area contributed by atoms with Crippen molar-refractivity contribution < 1.29 is 4.74 Å². The highest BCUT2D eigenvalue weighted by Gasteiger charge is 2.04. The van der Waals surface area contributed by atoms with Gasteiger partial charge in [0.1, 0.15) is 5.75 Å². The van der Waals surface area contributed by atoms with Crippen molar-refractivity contribution >= 4 is 11.4 Å². The molecule has 0 aliphatic carbocycles. The first-order valence-corrected chi connectivity index (χ1v) is 4.78. The molecule has 78 valence electrons. The molecule has 0 aromatic heterocycles. The lowest BCUT2D eigenvalue weighted by Crippen LogP contribution is -2.12. The predicted octanol–water partition coefficient (Wildman–Crippen LogP) is 2.19. The van der Waals surface area contributed by atoms with E-state index in [4.69, 9.17) is 4.74 Å². The third-order valence-electron chi connectivity index (χ3n) is 2.05. The highest BCUT2D eigenvalue weighted by Crippen LogP contribution is 2.28. The average molecular weight is 194 g/mol. The molecular formula is C11H18N2O. The molecule has 1 rings (SSSR count). The summed E-state index contributed by atoms with van der Waals surface area (Å²) in [6.45, 7) is 2.99. The molecule has 0 fully saturated rings. The molecule has 3 nitrogen and oxygen atoms in total. The molecular weight excluding hydrogens is 176 g/mol. The van der Waals surface area contributed by atoms with E-state index in [9.17, 15) is 0 Å². The topological polar surface area (TPSA) is 24.5 Å². The van der Waals surface area contributed by atoms with Gasteiger partial charge in [-0.15, -0.1) is 0 Å². The highest BCUT2D eigenvalue weighted by atomic mass is 16.5. The number of hydrogen-bond donors (Lipinski definition) is 1. The first kappa shape index (κ1) is 10.7. The maximum atomic E-state index is 5.18. The third kappa shape index (κ3) is 2.31. The summed E-state index contributed by atoms with van der Waals surface area (Å²) in [5.74, 6) is 0.881. The van der Waals surface area contributed by atoms with Crippen LogP contribution < -0.4 is 15.0 Å². The van der Waals surface area contributed by atoms with Crippen molar-refractivity contribution in [3.05, 3.63) is 18.2 Å². The van der Waals surface area contributed by atoms with Crippen molar-refractivity contribution in [2.45, 2.75) is 6.92 Å². The van der Waals surface area contributed by atoms with Crippen LogP contribution in [0.1, 0.15) is 6.92 Å². The van der Waals surface area contributed by atoms with E-state index in [-0.39, 0.29) is 0 Å². The fraction of sp³-hybridized carbons (Fsp3) is 0.455. The van der Waals surface area contributed by atoms with Crippen molar-refractivity contribution in [2.75, 3.05) is 38.0 Å². The molecule has 0 radical (unpaired) electrons. The van der Waals surface area contributed by atoms with Gasteiger partial charge in [-0.25, -0.2) is 0 Å². The summed E-state index contributed by atoms with van der Waals surface area (Å²) in [6.07, 6.45) is 0. The highest BCUT2D eigenvalue weighted by molar-refractivity contribution is 5.71. The quantitative estimate of drug-likeness (QED) is 0.795. The number of ether oxygens (including phenoxy) is 1. The molecule has 1 aromatic rings. The first-order valence-electron chi connectivity index (χ1n) is 4.78. The molecule has 0 aliphatic heterocycles. The lowest BCUT2D eigenvalue weighted by atomic mass is 10.2. The minimum absolute atomic E-state index is 0.881. The number of rotatable bonds is 4. The molecule has 0 aliphatic rings. The predicted molar refractivity (Wildman–Crippen MR) is 61.5 cm³/mol. The Bertz CT molecular complexity index is 297. The van der Waals surface area contributed by atoms with Crippen LogP contribution in [-0.4, -0.2) is 27.7 Å². The van der Waals surface area contributed by atoms with Crippen LogP contribution in [0, 0.1) is 0 Å². The van der Waals surface area contributed by atoms with Crippen molar-refractivity contribution in [1.29, 1.82) is 0 Å². The molecule has 0 heterocycles. The smallest absolute Gasteiger partial charge is 0.121 e. The van der Waals surface area contributed by atoms with Gasteiger partial charge in [-0.2, -0.15) is 0 Å². The number of benzene rings is 1. The van der Waals surface area contributed by atoms with Gasteiger partial charge in [0.05, 0.1) is 18.5 Å². The molecule has 0 spiro atoms. The summed E-state index contributed by atoms with van der Waals surface area (Å²) in [7, 11) is 5.74. The third-order valence-corrected chi connectivity index (χ3v) is 2.05. The van der Waals surface area contributed by atoms with E-state index in [1.54, 1.807) is 7.11 Å². The second kappa shape index (κ2) is 4.74. The molecule has 3 heteroatoms. The summed E-state index contributed by atoms with van der Waals surface area (Å²) < 4.78 is 5.18. The van der Waals surface area contributed by atoms with Gasteiger partial charge in [-0.05, 0) is 19.1 Å². The van der Waals surface area contributed by atoms with Gasteiger partial charge in [-0.1, -0.05) is 0 Å². The van der Waals surface area contributed by atoms with Gasteiger partial charge in [0, 0.05) is 26.7 Å². The van der Waals surface area contributed by atoms with E-state index in [1.165, 1.54) is 5.69 Å².